The number of hydrogen-bond acceptors (Lipinski definition) is 5. The van der Waals surface area contributed by atoms with Crippen LogP contribution in [0.2, 0.25) is 10.0 Å². The number of pyridine rings is 1. The van der Waals surface area contributed by atoms with Crippen molar-refractivity contribution in [1.29, 1.82) is 0 Å². The molecule has 1 unspecified atom stereocenters. The summed E-state index contributed by atoms with van der Waals surface area (Å²) in [6.07, 6.45) is 2.83. The van der Waals surface area contributed by atoms with Crippen LogP contribution in [0.15, 0.2) is 60.4 Å². The van der Waals surface area contributed by atoms with Gasteiger partial charge < -0.3 is 9.84 Å². The molecule has 2 heterocycles. The fourth-order valence-electron chi connectivity index (χ4n) is 3.67. The molecule has 3 aromatic rings. The summed E-state index contributed by atoms with van der Waals surface area (Å²) in [5, 5.41) is 11.2. The first-order valence-electron chi connectivity index (χ1n) is 9.44. The summed E-state index contributed by atoms with van der Waals surface area (Å²) in [4.78, 5) is 30.8. The predicted octanol–water partition coefficient (Wildman–Crippen LogP) is 5.30. The van der Waals surface area contributed by atoms with Crippen molar-refractivity contribution in [1.82, 2.24) is 4.98 Å². The Morgan fingerprint density at radius 1 is 1.06 bits per heavy atom. The highest BCUT2D eigenvalue weighted by atomic mass is 35.5. The maximum Gasteiger partial charge on any atom is 0.300 e. The van der Waals surface area contributed by atoms with Crippen LogP contribution in [0, 0.1) is 11.6 Å². The van der Waals surface area contributed by atoms with Gasteiger partial charge in [-0.2, -0.15) is 0 Å². The monoisotopic (exact) mass is 490 g/mol. The van der Waals surface area contributed by atoms with Crippen LogP contribution in [-0.2, 0) is 9.59 Å². The third kappa shape index (κ3) is 3.92. The summed E-state index contributed by atoms with van der Waals surface area (Å²) < 4.78 is 33.2. The fraction of sp³-hybridized carbons (Fsp3) is 0.0870. The normalized spacial score (nSPS) is 17.5. The van der Waals surface area contributed by atoms with E-state index in [1.54, 1.807) is 0 Å². The highest BCUT2D eigenvalue weighted by molar-refractivity contribution is 6.51. The van der Waals surface area contributed by atoms with Crippen LogP contribution < -0.4 is 9.64 Å². The zero-order chi connectivity index (χ0) is 23.9. The Labute approximate surface area is 196 Å². The molecule has 10 heteroatoms. The second-order valence-electron chi connectivity index (χ2n) is 7.02. The number of aromatic nitrogens is 1. The van der Waals surface area contributed by atoms with Crippen LogP contribution in [0.4, 0.5) is 14.5 Å². The van der Waals surface area contributed by atoms with Gasteiger partial charge in [0.2, 0.25) is 0 Å². The maximum atomic E-state index is 14.6. The lowest BCUT2D eigenvalue weighted by molar-refractivity contribution is -0.132. The number of aliphatic hydroxyl groups excluding tert-OH is 1. The molecule has 4 rings (SSSR count). The van der Waals surface area contributed by atoms with Gasteiger partial charge in [0.1, 0.15) is 17.4 Å². The Kier molecular flexibility index (Phi) is 6.05. The molecular weight excluding hydrogens is 477 g/mol. The predicted molar refractivity (Wildman–Crippen MR) is 118 cm³/mol. The first kappa shape index (κ1) is 22.7. The van der Waals surface area contributed by atoms with Gasteiger partial charge in [0, 0.05) is 24.0 Å². The number of carbonyl (C=O) groups excluding carboxylic acids is 2. The highest BCUT2D eigenvalue weighted by Gasteiger charge is 2.47. The van der Waals surface area contributed by atoms with E-state index in [1.807, 2.05) is 0 Å². The number of hydrogen-bond donors (Lipinski definition) is 1. The van der Waals surface area contributed by atoms with Crippen molar-refractivity contribution >= 4 is 46.3 Å². The summed E-state index contributed by atoms with van der Waals surface area (Å²) in [7, 11) is 1.36. The average Bonchev–Trinajstić information content (AvgIpc) is 3.04. The largest absolute Gasteiger partial charge is 0.507 e. The number of benzene rings is 2. The van der Waals surface area contributed by atoms with Crippen LogP contribution in [0.5, 0.6) is 5.75 Å². The smallest absolute Gasteiger partial charge is 0.300 e. The Morgan fingerprint density at radius 2 is 1.70 bits per heavy atom. The van der Waals surface area contributed by atoms with Crippen molar-refractivity contribution in [2.75, 3.05) is 12.0 Å². The summed E-state index contributed by atoms with van der Waals surface area (Å²) in [5.41, 5.74) is -0.250. The SMILES string of the molecule is COc1c(Cl)cc(/C(O)=C2\C(=O)C(=O)N(c3ccc(F)cc3F)C2c2ccncc2)cc1Cl. The minimum Gasteiger partial charge on any atom is -0.507 e. The quantitative estimate of drug-likeness (QED) is 0.305. The zero-order valence-electron chi connectivity index (χ0n) is 16.9. The number of Topliss-reactive ketones (excluding diaryl/α,β-unsaturated/α-hetero) is 1. The van der Waals surface area contributed by atoms with Crippen molar-refractivity contribution in [3.63, 3.8) is 0 Å². The molecule has 6 nitrogen and oxygen atoms in total. The molecule has 0 spiro atoms. The second-order valence-corrected chi connectivity index (χ2v) is 7.83. The van der Waals surface area contributed by atoms with Crippen molar-refractivity contribution in [3.05, 3.63) is 93.2 Å². The van der Waals surface area contributed by atoms with E-state index in [4.69, 9.17) is 27.9 Å². The minimum absolute atomic E-state index is 0.0439. The van der Waals surface area contributed by atoms with Crippen LogP contribution in [0.25, 0.3) is 5.76 Å². The molecule has 0 saturated carbocycles. The van der Waals surface area contributed by atoms with E-state index in [-0.39, 0.29) is 32.6 Å². The molecule has 168 valence electrons. The summed E-state index contributed by atoms with van der Waals surface area (Å²) >= 11 is 12.3. The molecule has 0 radical (unpaired) electrons. The lowest BCUT2D eigenvalue weighted by Crippen LogP contribution is -2.30. The summed E-state index contributed by atoms with van der Waals surface area (Å²) in [6, 6.07) is 7.02. The van der Waals surface area contributed by atoms with Gasteiger partial charge in [0.15, 0.2) is 5.75 Å². The molecule has 0 bridgehead atoms. The number of aliphatic hydroxyl groups is 1. The molecule has 1 fully saturated rings. The zero-order valence-corrected chi connectivity index (χ0v) is 18.4. The lowest BCUT2D eigenvalue weighted by atomic mass is 9.95. The highest BCUT2D eigenvalue weighted by Crippen LogP contribution is 2.44. The lowest BCUT2D eigenvalue weighted by Gasteiger charge is -2.25. The van der Waals surface area contributed by atoms with Crippen molar-refractivity contribution < 1.29 is 28.2 Å². The van der Waals surface area contributed by atoms with E-state index in [2.05, 4.69) is 4.98 Å². The van der Waals surface area contributed by atoms with Crippen molar-refractivity contribution in [3.8, 4) is 5.75 Å². The molecule has 1 aliphatic rings. The Morgan fingerprint density at radius 3 is 2.27 bits per heavy atom. The summed E-state index contributed by atoms with van der Waals surface area (Å²) in [5.74, 6) is -4.49. The third-order valence-electron chi connectivity index (χ3n) is 5.11. The molecular formula is C23H14Cl2F2N2O4. The van der Waals surface area contributed by atoms with Gasteiger partial charge in [-0.1, -0.05) is 23.2 Å². The number of rotatable bonds is 4. The molecule has 1 amide bonds. The van der Waals surface area contributed by atoms with Crippen molar-refractivity contribution in [2.24, 2.45) is 0 Å². The van der Waals surface area contributed by atoms with Crippen LogP contribution in [0.3, 0.4) is 0 Å². The number of anilines is 1. The topological polar surface area (TPSA) is 79.7 Å². The van der Waals surface area contributed by atoms with E-state index in [0.29, 0.717) is 11.6 Å². The van der Waals surface area contributed by atoms with Crippen LogP contribution in [0.1, 0.15) is 17.2 Å². The maximum absolute atomic E-state index is 14.6. The standard InChI is InChI=1S/C23H14Cl2F2N2O4/c1-33-22-14(24)8-12(9-15(22)25)20(30)18-19(11-4-6-28-7-5-11)29(23(32)21(18)31)17-3-2-13(26)10-16(17)27/h2-10,19,30H,1H3/b20-18+. The third-order valence-corrected chi connectivity index (χ3v) is 5.67. The van der Waals surface area contributed by atoms with Gasteiger partial charge in [0.05, 0.1) is 34.5 Å². The van der Waals surface area contributed by atoms with E-state index < -0.39 is 35.1 Å². The molecule has 1 atom stereocenters. The molecule has 0 aliphatic carbocycles. The number of halogens is 4. The Hall–Kier alpha value is -3.49. The molecule has 1 aromatic heterocycles. The Bertz CT molecular complexity index is 1290. The van der Waals surface area contributed by atoms with Crippen LogP contribution in [-0.4, -0.2) is 28.9 Å². The molecule has 1 aliphatic heterocycles. The number of amides is 1. The average molecular weight is 491 g/mol. The van der Waals surface area contributed by atoms with Gasteiger partial charge in [-0.05, 0) is 42.0 Å². The van der Waals surface area contributed by atoms with Gasteiger partial charge in [-0.15, -0.1) is 0 Å². The minimum atomic E-state index is -1.23. The Balaban J connectivity index is 1.97. The number of ether oxygens (including phenoxy) is 1. The first-order valence-corrected chi connectivity index (χ1v) is 10.2. The molecule has 2 aromatic carbocycles. The number of ketones is 1. The van der Waals surface area contributed by atoms with E-state index in [1.165, 1.54) is 43.8 Å². The van der Waals surface area contributed by atoms with Gasteiger partial charge in [-0.3, -0.25) is 19.5 Å². The van der Waals surface area contributed by atoms with E-state index >= 15 is 0 Å². The first-order chi connectivity index (χ1) is 15.7. The van der Waals surface area contributed by atoms with Gasteiger partial charge >= 0.3 is 0 Å². The fourth-order valence-corrected chi connectivity index (χ4v) is 4.31. The van der Waals surface area contributed by atoms with Gasteiger partial charge in [0.25, 0.3) is 11.7 Å². The van der Waals surface area contributed by atoms with E-state index in [9.17, 15) is 23.5 Å². The summed E-state index contributed by atoms with van der Waals surface area (Å²) in [6.45, 7) is 0. The molecule has 1 N–H and O–H groups in total. The van der Waals surface area contributed by atoms with E-state index in [0.717, 1.165) is 17.0 Å². The molecule has 1 saturated heterocycles. The van der Waals surface area contributed by atoms with Crippen molar-refractivity contribution in [2.45, 2.75) is 6.04 Å². The van der Waals surface area contributed by atoms with Gasteiger partial charge in [-0.25, -0.2) is 8.78 Å². The number of methoxy groups -OCH3 is 1. The number of carbonyl (C=O) groups is 2. The van der Waals surface area contributed by atoms with Crippen LogP contribution >= 0.6 is 23.2 Å². The molecule has 33 heavy (non-hydrogen) atoms. The number of nitrogens with zero attached hydrogens (tertiary/aromatic N) is 2. The second kappa shape index (κ2) is 8.80.